The number of aromatic nitrogens is 2. The van der Waals surface area contributed by atoms with E-state index in [1.54, 1.807) is 0 Å². The molecule has 0 saturated carbocycles. The van der Waals surface area contributed by atoms with E-state index in [0.717, 1.165) is 5.82 Å². The standard InChI is InChI=1S/C13H21N3O2/c1-8(2)10-14-11(18-15-10)9-6-16(7-9)12(17)13(3,4)5/h8-9H,6-7H2,1-5H3. The van der Waals surface area contributed by atoms with Crippen LogP contribution in [0.1, 0.15) is 58.2 Å². The van der Waals surface area contributed by atoms with E-state index < -0.39 is 0 Å². The maximum absolute atomic E-state index is 12.0. The van der Waals surface area contributed by atoms with Crippen LogP contribution in [-0.4, -0.2) is 34.0 Å². The molecule has 1 fully saturated rings. The highest BCUT2D eigenvalue weighted by Crippen LogP contribution is 2.30. The highest BCUT2D eigenvalue weighted by Gasteiger charge is 2.39. The number of likely N-dealkylation sites (tertiary alicyclic amines) is 1. The average Bonchev–Trinajstić information content (AvgIpc) is 2.62. The molecular formula is C13H21N3O2. The van der Waals surface area contributed by atoms with Gasteiger partial charge in [-0.2, -0.15) is 4.98 Å². The molecule has 0 atom stereocenters. The Morgan fingerprint density at radius 3 is 2.44 bits per heavy atom. The van der Waals surface area contributed by atoms with E-state index in [0.29, 0.717) is 19.0 Å². The van der Waals surface area contributed by atoms with Crippen molar-refractivity contribution < 1.29 is 9.32 Å². The summed E-state index contributed by atoms with van der Waals surface area (Å²) in [7, 11) is 0. The quantitative estimate of drug-likeness (QED) is 0.808. The van der Waals surface area contributed by atoms with Crippen molar-refractivity contribution in [3.63, 3.8) is 0 Å². The fraction of sp³-hybridized carbons (Fsp3) is 0.769. The number of carbonyl (C=O) groups excluding carboxylic acids is 1. The number of rotatable bonds is 2. The summed E-state index contributed by atoms with van der Waals surface area (Å²) in [6.07, 6.45) is 0. The molecule has 1 aliphatic rings. The van der Waals surface area contributed by atoms with Crippen molar-refractivity contribution in [3.8, 4) is 0 Å². The summed E-state index contributed by atoms with van der Waals surface area (Å²) in [4.78, 5) is 18.2. The molecule has 5 nitrogen and oxygen atoms in total. The Hall–Kier alpha value is -1.39. The zero-order chi connectivity index (χ0) is 13.5. The van der Waals surface area contributed by atoms with Crippen molar-refractivity contribution in [1.82, 2.24) is 15.0 Å². The third-order valence-corrected chi connectivity index (χ3v) is 3.13. The maximum atomic E-state index is 12.0. The number of carbonyl (C=O) groups is 1. The summed E-state index contributed by atoms with van der Waals surface area (Å²) >= 11 is 0. The van der Waals surface area contributed by atoms with E-state index in [1.165, 1.54) is 0 Å². The molecule has 0 aliphatic carbocycles. The Bertz CT molecular complexity index is 439. The van der Waals surface area contributed by atoms with Gasteiger partial charge >= 0.3 is 0 Å². The van der Waals surface area contributed by atoms with Crippen LogP contribution in [0.25, 0.3) is 0 Å². The second-order valence-electron chi connectivity index (χ2n) is 6.30. The van der Waals surface area contributed by atoms with Crippen molar-refractivity contribution in [1.29, 1.82) is 0 Å². The molecule has 0 unspecified atom stereocenters. The summed E-state index contributed by atoms with van der Waals surface area (Å²) in [5.41, 5.74) is -0.317. The highest BCUT2D eigenvalue weighted by atomic mass is 16.5. The lowest BCUT2D eigenvalue weighted by molar-refractivity contribution is -0.144. The van der Waals surface area contributed by atoms with Crippen LogP contribution in [0.3, 0.4) is 0 Å². The molecular weight excluding hydrogens is 230 g/mol. The SMILES string of the molecule is CC(C)c1noc(C2CN(C(=O)C(C)(C)C)C2)n1. The molecule has 100 valence electrons. The third kappa shape index (κ3) is 2.40. The first-order valence-electron chi connectivity index (χ1n) is 6.42. The Balaban J connectivity index is 1.94. The largest absolute Gasteiger partial charge is 0.341 e. The Morgan fingerprint density at radius 1 is 1.39 bits per heavy atom. The van der Waals surface area contributed by atoms with Gasteiger partial charge in [0.25, 0.3) is 0 Å². The lowest BCUT2D eigenvalue weighted by atomic mass is 9.90. The minimum absolute atomic E-state index is 0.183. The molecule has 5 heteroatoms. The Kier molecular flexibility index (Phi) is 3.17. The first kappa shape index (κ1) is 13.1. The lowest BCUT2D eigenvalue weighted by Gasteiger charge is -2.40. The molecule has 1 amide bonds. The number of hydrogen-bond acceptors (Lipinski definition) is 4. The van der Waals surface area contributed by atoms with Gasteiger partial charge in [-0.25, -0.2) is 0 Å². The molecule has 2 heterocycles. The van der Waals surface area contributed by atoms with Crippen molar-refractivity contribution in [2.24, 2.45) is 5.41 Å². The molecule has 1 aromatic heterocycles. The van der Waals surface area contributed by atoms with E-state index in [9.17, 15) is 4.79 Å². The zero-order valence-electron chi connectivity index (χ0n) is 11.7. The summed E-state index contributed by atoms with van der Waals surface area (Å²) in [6, 6.07) is 0. The van der Waals surface area contributed by atoms with E-state index in [4.69, 9.17) is 4.52 Å². The molecule has 0 spiro atoms. The predicted octanol–water partition coefficient (Wildman–Crippen LogP) is 2.16. The van der Waals surface area contributed by atoms with Crippen LogP contribution in [0.4, 0.5) is 0 Å². The zero-order valence-corrected chi connectivity index (χ0v) is 11.7. The fourth-order valence-corrected chi connectivity index (χ4v) is 1.92. The molecule has 0 N–H and O–H groups in total. The van der Waals surface area contributed by atoms with Gasteiger partial charge in [0.05, 0.1) is 5.92 Å². The van der Waals surface area contributed by atoms with E-state index in [-0.39, 0.29) is 23.2 Å². The number of amides is 1. The van der Waals surface area contributed by atoms with Crippen LogP contribution in [-0.2, 0) is 4.79 Å². The van der Waals surface area contributed by atoms with Crippen LogP contribution in [0, 0.1) is 5.41 Å². The van der Waals surface area contributed by atoms with E-state index >= 15 is 0 Å². The normalized spacial score (nSPS) is 17.1. The molecule has 1 aromatic rings. The summed E-state index contributed by atoms with van der Waals surface area (Å²) < 4.78 is 5.24. The van der Waals surface area contributed by atoms with Gasteiger partial charge in [-0.05, 0) is 0 Å². The van der Waals surface area contributed by atoms with Gasteiger partial charge in [-0.15, -0.1) is 0 Å². The number of nitrogens with zero attached hydrogens (tertiary/aromatic N) is 3. The second kappa shape index (κ2) is 4.37. The molecule has 0 radical (unpaired) electrons. The Labute approximate surface area is 108 Å². The van der Waals surface area contributed by atoms with Gasteiger partial charge in [0.2, 0.25) is 11.8 Å². The van der Waals surface area contributed by atoms with Crippen LogP contribution < -0.4 is 0 Å². The van der Waals surface area contributed by atoms with Crippen molar-refractivity contribution in [3.05, 3.63) is 11.7 Å². The van der Waals surface area contributed by atoms with Crippen LogP contribution in [0.5, 0.6) is 0 Å². The highest BCUT2D eigenvalue weighted by molar-refractivity contribution is 5.82. The fourth-order valence-electron chi connectivity index (χ4n) is 1.92. The predicted molar refractivity (Wildman–Crippen MR) is 67.2 cm³/mol. The van der Waals surface area contributed by atoms with Gasteiger partial charge in [-0.1, -0.05) is 39.8 Å². The van der Waals surface area contributed by atoms with Crippen LogP contribution >= 0.6 is 0 Å². The van der Waals surface area contributed by atoms with E-state index in [2.05, 4.69) is 10.1 Å². The molecule has 0 aromatic carbocycles. The van der Waals surface area contributed by atoms with E-state index in [1.807, 2.05) is 39.5 Å². The summed E-state index contributed by atoms with van der Waals surface area (Å²) in [5, 5.41) is 3.95. The summed E-state index contributed by atoms with van der Waals surface area (Å²) in [6.45, 7) is 11.3. The van der Waals surface area contributed by atoms with Crippen molar-refractivity contribution >= 4 is 5.91 Å². The average molecular weight is 251 g/mol. The van der Waals surface area contributed by atoms with Gasteiger partial charge in [0, 0.05) is 24.4 Å². The van der Waals surface area contributed by atoms with Gasteiger partial charge in [0.15, 0.2) is 5.82 Å². The molecule has 2 rings (SSSR count). The van der Waals surface area contributed by atoms with Crippen molar-refractivity contribution in [2.75, 3.05) is 13.1 Å². The monoisotopic (exact) mass is 251 g/mol. The molecule has 0 bridgehead atoms. The second-order valence-corrected chi connectivity index (χ2v) is 6.30. The minimum atomic E-state index is -0.317. The number of hydrogen-bond donors (Lipinski definition) is 0. The minimum Gasteiger partial charge on any atom is -0.341 e. The molecule has 18 heavy (non-hydrogen) atoms. The first-order valence-corrected chi connectivity index (χ1v) is 6.42. The van der Waals surface area contributed by atoms with Crippen LogP contribution in [0.2, 0.25) is 0 Å². The molecule has 1 saturated heterocycles. The van der Waals surface area contributed by atoms with Gasteiger partial charge in [-0.3, -0.25) is 4.79 Å². The summed E-state index contributed by atoms with van der Waals surface area (Å²) in [5.74, 6) is 2.07. The van der Waals surface area contributed by atoms with Crippen LogP contribution in [0.15, 0.2) is 4.52 Å². The third-order valence-electron chi connectivity index (χ3n) is 3.13. The van der Waals surface area contributed by atoms with Crippen molar-refractivity contribution in [2.45, 2.75) is 46.5 Å². The lowest BCUT2D eigenvalue weighted by Crippen LogP contribution is -2.52. The first-order chi connectivity index (χ1) is 8.29. The van der Waals surface area contributed by atoms with Gasteiger partial charge in [0.1, 0.15) is 0 Å². The maximum Gasteiger partial charge on any atom is 0.233 e. The van der Waals surface area contributed by atoms with Gasteiger partial charge < -0.3 is 9.42 Å². The molecule has 1 aliphatic heterocycles. The smallest absolute Gasteiger partial charge is 0.233 e. The Morgan fingerprint density at radius 2 is 2.00 bits per heavy atom. The topological polar surface area (TPSA) is 59.2 Å².